The van der Waals surface area contributed by atoms with E-state index in [9.17, 15) is 0 Å². The molecular formula is C14H18N2O. The molecule has 0 amide bonds. The predicted molar refractivity (Wildman–Crippen MR) is 70.8 cm³/mol. The molecule has 3 nitrogen and oxygen atoms in total. The van der Waals surface area contributed by atoms with Crippen LogP contribution in [-0.2, 0) is 4.74 Å². The molecule has 0 aromatic carbocycles. The van der Waals surface area contributed by atoms with E-state index >= 15 is 0 Å². The van der Waals surface area contributed by atoms with Gasteiger partial charge in [-0.2, -0.15) is 0 Å². The highest BCUT2D eigenvalue weighted by molar-refractivity contribution is 5.76. The first-order chi connectivity index (χ1) is 8.25. The molecule has 0 spiro atoms. The fourth-order valence-electron chi connectivity index (χ4n) is 1.58. The van der Waals surface area contributed by atoms with Crippen LogP contribution in [0.4, 0.5) is 0 Å². The lowest BCUT2D eigenvalue weighted by molar-refractivity contribution is 0.135. The van der Waals surface area contributed by atoms with Crippen LogP contribution in [0.15, 0.2) is 30.5 Å². The van der Waals surface area contributed by atoms with Crippen molar-refractivity contribution in [3.63, 3.8) is 0 Å². The summed E-state index contributed by atoms with van der Waals surface area (Å²) in [5.41, 5.74) is 1.88. The van der Waals surface area contributed by atoms with Crippen LogP contribution < -0.4 is 0 Å². The monoisotopic (exact) mass is 230 g/mol. The number of fused-ring (bicyclic) bond motifs is 1. The molecule has 0 aliphatic heterocycles. The molecule has 3 heteroatoms. The molecule has 1 N–H and O–H groups in total. The minimum absolute atomic E-state index is 0.580. The van der Waals surface area contributed by atoms with Crippen LogP contribution in [0.2, 0.25) is 0 Å². The molecule has 2 aromatic heterocycles. The Hall–Kier alpha value is -1.61. The summed E-state index contributed by atoms with van der Waals surface area (Å²) < 4.78 is 5.47. The van der Waals surface area contributed by atoms with Crippen LogP contribution in [0.3, 0.4) is 0 Å². The topological polar surface area (TPSA) is 37.9 Å². The van der Waals surface area contributed by atoms with Gasteiger partial charge in [-0.25, -0.2) is 4.98 Å². The molecule has 0 unspecified atom stereocenters. The summed E-state index contributed by atoms with van der Waals surface area (Å²) in [7, 11) is 0. The third-order valence-corrected chi connectivity index (χ3v) is 2.38. The summed E-state index contributed by atoms with van der Waals surface area (Å²) in [6.07, 6.45) is 5.89. The molecule has 2 heterocycles. The summed E-state index contributed by atoms with van der Waals surface area (Å²) in [4.78, 5) is 7.57. The van der Waals surface area contributed by atoms with Crippen LogP contribution in [0.5, 0.6) is 0 Å². The maximum atomic E-state index is 5.47. The van der Waals surface area contributed by atoms with Gasteiger partial charge in [0, 0.05) is 18.2 Å². The van der Waals surface area contributed by atoms with Crippen molar-refractivity contribution < 1.29 is 4.74 Å². The average molecular weight is 230 g/mol. The largest absolute Gasteiger partial charge is 0.377 e. The summed E-state index contributed by atoms with van der Waals surface area (Å²) in [6, 6.07) is 6.09. The second-order valence-corrected chi connectivity index (χ2v) is 4.49. The first-order valence-electron chi connectivity index (χ1n) is 5.94. The number of pyridine rings is 1. The third kappa shape index (κ3) is 3.43. The van der Waals surface area contributed by atoms with Crippen molar-refractivity contribution in [2.24, 2.45) is 5.92 Å². The van der Waals surface area contributed by atoms with Crippen molar-refractivity contribution in [1.29, 1.82) is 0 Å². The van der Waals surface area contributed by atoms with Gasteiger partial charge >= 0.3 is 0 Å². The molecule has 0 saturated carbocycles. The van der Waals surface area contributed by atoms with Crippen molar-refractivity contribution in [3.05, 3.63) is 36.2 Å². The molecule has 0 aliphatic rings. The Morgan fingerprint density at radius 3 is 3.06 bits per heavy atom. The smallest absolute Gasteiger partial charge is 0.137 e. The molecule has 0 aliphatic carbocycles. The molecule has 17 heavy (non-hydrogen) atoms. The molecule has 0 saturated heterocycles. The van der Waals surface area contributed by atoms with Gasteiger partial charge in [0.15, 0.2) is 0 Å². The number of aromatic nitrogens is 2. The lowest BCUT2D eigenvalue weighted by Gasteiger charge is -2.03. The zero-order valence-corrected chi connectivity index (χ0v) is 10.3. The van der Waals surface area contributed by atoms with Crippen LogP contribution in [-0.4, -0.2) is 23.2 Å². The average Bonchev–Trinajstić information content (AvgIpc) is 2.75. The van der Waals surface area contributed by atoms with Gasteiger partial charge < -0.3 is 9.72 Å². The van der Waals surface area contributed by atoms with Gasteiger partial charge in [0.25, 0.3) is 0 Å². The Morgan fingerprint density at radius 2 is 2.24 bits per heavy atom. The fraction of sp³-hybridized carbons (Fsp3) is 0.357. The van der Waals surface area contributed by atoms with Crippen LogP contribution in [0, 0.1) is 5.92 Å². The van der Waals surface area contributed by atoms with Crippen LogP contribution in [0.25, 0.3) is 17.1 Å². The van der Waals surface area contributed by atoms with Gasteiger partial charge in [-0.1, -0.05) is 19.9 Å². The quantitative estimate of drug-likeness (QED) is 0.801. The number of nitrogens with zero attached hydrogens (tertiary/aromatic N) is 1. The van der Waals surface area contributed by atoms with Gasteiger partial charge in [-0.05, 0) is 30.2 Å². The van der Waals surface area contributed by atoms with Gasteiger partial charge in [0.05, 0.1) is 12.3 Å². The van der Waals surface area contributed by atoms with Crippen molar-refractivity contribution in [3.8, 4) is 0 Å². The molecule has 0 radical (unpaired) electrons. The van der Waals surface area contributed by atoms with E-state index in [1.54, 1.807) is 0 Å². The molecule has 90 valence electrons. The summed E-state index contributed by atoms with van der Waals surface area (Å²) >= 11 is 0. The molecule has 0 fully saturated rings. The second kappa shape index (κ2) is 5.64. The fourth-order valence-corrected chi connectivity index (χ4v) is 1.58. The summed E-state index contributed by atoms with van der Waals surface area (Å²) in [5, 5.41) is 1.14. The highest BCUT2D eigenvalue weighted by atomic mass is 16.5. The molecule has 2 aromatic rings. The minimum atomic E-state index is 0.580. The van der Waals surface area contributed by atoms with Crippen LogP contribution >= 0.6 is 0 Å². The SMILES string of the molecule is CC(C)COC/C=C/c1ccc2cc[nH]c2n1. The Bertz CT molecular complexity index is 500. The number of rotatable bonds is 5. The highest BCUT2D eigenvalue weighted by Crippen LogP contribution is 2.10. The van der Waals surface area contributed by atoms with E-state index in [0.717, 1.165) is 23.3 Å². The summed E-state index contributed by atoms with van der Waals surface area (Å²) in [5.74, 6) is 0.580. The lowest BCUT2D eigenvalue weighted by Crippen LogP contribution is -2.01. The minimum Gasteiger partial charge on any atom is -0.377 e. The molecule has 0 atom stereocenters. The molecule has 2 rings (SSSR count). The van der Waals surface area contributed by atoms with E-state index in [4.69, 9.17) is 4.74 Å². The van der Waals surface area contributed by atoms with E-state index in [0.29, 0.717) is 12.5 Å². The van der Waals surface area contributed by atoms with Crippen molar-refractivity contribution in [2.75, 3.05) is 13.2 Å². The van der Waals surface area contributed by atoms with E-state index in [1.807, 2.05) is 30.5 Å². The molecular weight excluding hydrogens is 212 g/mol. The Morgan fingerprint density at radius 1 is 1.35 bits per heavy atom. The maximum absolute atomic E-state index is 5.47. The lowest BCUT2D eigenvalue weighted by atomic mass is 10.2. The van der Waals surface area contributed by atoms with Gasteiger partial charge in [-0.15, -0.1) is 0 Å². The van der Waals surface area contributed by atoms with E-state index in [2.05, 4.69) is 29.9 Å². The van der Waals surface area contributed by atoms with E-state index in [1.165, 1.54) is 0 Å². The summed E-state index contributed by atoms with van der Waals surface area (Å²) in [6.45, 7) is 5.73. The predicted octanol–water partition coefficient (Wildman–Crippen LogP) is 3.25. The molecule has 0 bridgehead atoms. The Labute approximate surface area is 102 Å². The van der Waals surface area contributed by atoms with Crippen molar-refractivity contribution >= 4 is 17.1 Å². The van der Waals surface area contributed by atoms with Crippen molar-refractivity contribution in [2.45, 2.75) is 13.8 Å². The normalized spacial score (nSPS) is 11.9. The highest BCUT2D eigenvalue weighted by Gasteiger charge is 1.95. The maximum Gasteiger partial charge on any atom is 0.137 e. The van der Waals surface area contributed by atoms with Gasteiger partial charge in [0.2, 0.25) is 0 Å². The van der Waals surface area contributed by atoms with Gasteiger partial charge in [-0.3, -0.25) is 0 Å². The number of nitrogens with one attached hydrogen (secondary N) is 1. The second-order valence-electron chi connectivity index (χ2n) is 4.49. The van der Waals surface area contributed by atoms with Gasteiger partial charge in [0.1, 0.15) is 5.65 Å². The standard InChI is InChI=1S/C14H18N2O/c1-11(2)10-17-9-3-4-13-6-5-12-7-8-15-14(12)16-13/h3-8,11H,9-10H2,1-2H3,(H,15,16)/b4-3+. The van der Waals surface area contributed by atoms with Crippen LogP contribution in [0.1, 0.15) is 19.5 Å². The Balaban J connectivity index is 1.91. The Kier molecular flexibility index (Phi) is 3.94. The first-order valence-corrected chi connectivity index (χ1v) is 5.94. The number of ether oxygens (including phenoxy) is 1. The number of H-pyrrole nitrogens is 1. The van der Waals surface area contributed by atoms with Crippen molar-refractivity contribution in [1.82, 2.24) is 9.97 Å². The number of hydrogen-bond donors (Lipinski definition) is 1. The van der Waals surface area contributed by atoms with E-state index in [-0.39, 0.29) is 0 Å². The zero-order valence-electron chi connectivity index (χ0n) is 10.3. The number of aromatic amines is 1. The third-order valence-electron chi connectivity index (χ3n) is 2.38. The van der Waals surface area contributed by atoms with E-state index < -0.39 is 0 Å². The zero-order chi connectivity index (χ0) is 12.1. The number of hydrogen-bond acceptors (Lipinski definition) is 2. The first kappa shape index (κ1) is 11.9.